The van der Waals surface area contributed by atoms with Gasteiger partial charge in [-0.3, -0.25) is 0 Å². The number of quaternary nitrogens is 2. The molecule has 1 saturated heterocycles. The number of aromatic hydroxyl groups is 1. The van der Waals surface area contributed by atoms with Crippen molar-refractivity contribution in [2.24, 2.45) is 0 Å². The number of piperazine rings is 1. The molecule has 1 fully saturated rings. The van der Waals surface area contributed by atoms with Gasteiger partial charge in [0.05, 0.1) is 6.54 Å². The van der Waals surface area contributed by atoms with Crippen molar-refractivity contribution in [2.75, 3.05) is 32.7 Å². The molecular formula is C17H22FN5OS+2. The first kappa shape index (κ1) is 16.4. The quantitative estimate of drug-likeness (QED) is 0.587. The fraction of sp³-hybridized carbons (Fsp3) is 0.412. The molecule has 4 rings (SSSR count). The maximum absolute atomic E-state index is 13.9. The van der Waals surface area contributed by atoms with Gasteiger partial charge in [0.1, 0.15) is 43.2 Å². The van der Waals surface area contributed by atoms with Gasteiger partial charge in [0, 0.05) is 5.56 Å². The smallest absolute Gasteiger partial charge is 0.235 e. The van der Waals surface area contributed by atoms with Crippen LogP contribution < -0.4 is 9.80 Å². The minimum atomic E-state index is -0.251. The van der Waals surface area contributed by atoms with Crippen LogP contribution in [0.25, 0.3) is 4.96 Å². The molecule has 0 spiro atoms. The number of nitrogens with zero attached hydrogens (tertiary/aromatic N) is 3. The predicted molar refractivity (Wildman–Crippen MR) is 92.7 cm³/mol. The summed E-state index contributed by atoms with van der Waals surface area (Å²) in [5.41, 5.74) is 0.884. The third-order valence-electron chi connectivity index (χ3n) is 5.09. The fourth-order valence-electron chi connectivity index (χ4n) is 3.71. The summed E-state index contributed by atoms with van der Waals surface area (Å²) >= 11 is 1.43. The van der Waals surface area contributed by atoms with Crippen LogP contribution in [0.5, 0.6) is 5.88 Å². The van der Waals surface area contributed by atoms with Gasteiger partial charge in [-0.1, -0.05) is 23.5 Å². The molecule has 3 N–H and O–H groups in total. The van der Waals surface area contributed by atoms with E-state index in [1.54, 1.807) is 17.0 Å². The third kappa shape index (κ3) is 3.01. The van der Waals surface area contributed by atoms with Gasteiger partial charge in [0.2, 0.25) is 10.8 Å². The zero-order chi connectivity index (χ0) is 17.4. The molecule has 0 saturated carbocycles. The monoisotopic (exact) mass is 363 g/mol. The molecular weight excluding hydrogens is 341 g/mol. The van der Waals surface area contributed by atoms with Gasteiger partial charge in [0.15, 0.2) is 6.04 Å². The molecule has 2 aromatic heterocycles. The van der Waals surface area contributed by atoms with E-state index in [-0.39, 0.29) is 17.7 Å². The number of thiazole rings is 1. The molecule has 1 aliphatic heterocycles. The van der Waals surface area contributed by atoms with E-state index >= 15 is 0 Å². The van der Waals surface area contributed by atoms with Gasteiger partial charge >= 0.3 is 0 Å². The summed E-state index contributed by atoms with van der Waals surface area (Å²) in [6.07, 6.45) is 1.43. The Hall–Kier alpha value is -2.03. The Bertz CT molecular complexity index is 871. The highest BCUT2D eigenvalue weighted by Gasteiger charge is 2.35. The molecule has 3 heterocycles. The van der Waals surface area contributed by atoms with Crippen molar-refractivity contribution < 1.29 is 19.3 Å². The summed E-state index contributed by atoms with van der Waals surface area (Å²) < 4.78 is 15.3. The van der Waals surface area contributed by atoms with E-state index in [1.165, 1.54) is 33.1 Å². The molecule has 0 radical (unpaired) electrons. The first-order valence-electron chi connectivity index (χ1n) is 8.62. The predicted octanol–water partition coefficient (Wildman–Crippen LogP) is -0.472. The molecule has 1 aromatic carbocycles. The van der Waals surface area contributed by atoms with Crippen LogP contribution in [0.3, 0.4) is 0 Å². The second-order valence-electron chi connectivity index (χ2n) is 6.49. The normalized spacial score (nSPS) is 22.3. The van der Waals surface area contributed by atoms with Crippen LogP contribution in [-0.2, 0) is 0 Å². The Labute approximate surface area is 149 Å². The van der Waals surface area contributed by atoms with E-state index in [0.29, 0.717) is 4.96 Å². The molecule has 8 heteroatoms. The van der Waals surface area contributed by atoms with Crippen molar-refractivity contribution >= 4 is 16.3 Å². The highest BCUT2D eigenvalue weighted by atomic mass is 32.1. The van der Waals surface area contributed by atoms with Crippen LogP contribution in [0.15, 0.2) is 30.6 Å². The summed E-state index contributed by atoms with van der Waals surface area (Å²) in [5.74, 6) is -0.136. The van der Waals surface area contributed by atoms with Crippen LogP contribution in [-0.4, -0.2) is 52.4 Å². The van der Waals surface area contributed by atoms with Crippen molar-refractivity contribution in [1.29, 1.82) is 0 Å². The second-order valence-corrected chi connectivity index (χ2v) is 7.50. The van der Waals surface area contributed by atoms with E-state index in [4.69, 9.17) is 0 Å². The van der Waals surface area contributed by atoms with E-state index in [1.807, 2.05) is 6.07 Å². The molecule has 0 amide bonds. The van der Waals surface area contributed by atoms with Crippen molar-refractivity contribution in [1.82, 2.24) is 14.6 Å². The Morgan fingerprint density at radius 1 is 1.32 bits per heavy atom. The molecule has 0 bridgehead atoms. The topological polar surface area (TPSA) is 59.3 Å². The average molecular weight is 363 g/mol. The van der Waals surface area contributed by atoms with E-state index in [2.05, 4.69) is 17.0 Å². The summed E-state index contributed by atoms with van der Waals surface area (Å²) in [5, 5.41) is 14.7. The zero-order valence-electron chi connectivity index (χ0n) is 14.1. The number of likely N-dealkylation sites (N-methyl/N-ethyl adjacent to an activating group) is 1. The lowest BCUT2D eigenvalue weighted by Crippen LogP contribution is -3.28. The van der Waals surface area contributed by atoms with Crippen LogP contribution in [0, 0.1) is 5.82 Å². The number of halogens is 1. The number of nitrogens with one attached hydrogen (secondary N) is 2. The van der Waals surface area contributed by atoms with E-state index < -0.39 is 0 Å². The molecule has 132 valence electrons. The number of rotatable bonds is 4. The summed E-state index contributed by atoms with van der Waals surface area (Å²) in [7, 11) is 0. The van der Waals surface area contributed by atoms with Crippen molar-refractivity contribution in [2.45, 2.75) is 13.0 Å². The average Bonchev–Trinajstić information content (AvgIpc) is 3.20. The first-order chi connectivity index (χ1) is 12.2. The highest BCUT2D eigenvalue weighted by molar-refractivity contribution is 7.17. The van der Waals surface area contributed by atoms with Crippen LogP contribution in [0.1, 0.15) is 23.4 Å². The van der Waals surface area contributed by atoms with Crippen molar-refractivity contribution in [3.63, 3.8) is 0 Å². The Kier molecular flexibility index (Phi) is 4.41. The molecule has 0 unspecified atom stereocenters. The van der Waals surface area contributed by atoms with Gasteiger partial charge < -0.3 is 14.9 Å². The lowest BCUT2D eigenvalue weighted by atomic mass is 10.0. The number of aromatic nitrogens is 3. The summed E-state index contributed by atoms with van der Waals surface area (Å²) in [6, 6.07) is 6.60. The first-order valence-corrected chi connectivity index (χ1v) is 9.44. The minimum absolute atomic E-state index is 0.109. The molecule has 1 atom stereocenters. The molecule has 25 heavy (non-hydrogen) atoms. The third-order valence-corrected chi connectivity index (χ3v) is 6.19. The lowest BCUT2D eigenvalue weighted by molar-refractivity contribution is -1.02. The number of fused-ring (bicyclic) bond motifs is 1. The second kappa shape index (κ2) is 6.70. The van der Waals surface area contributed by atoms with Gasteiger partial charge in [-0.25, -0.2) is 9.37 Å². The number of hydrogen-bond acceptors (Lipinski definition) is 4. The maximum atomic E-state index is 13.9. The van der Waals surface area contributed by atoms with E-state index in [0.717, 1.165) is 43.2 Å². The van der Waals surface area contributed by atoms with Crippen molar-refractivity contribution in [3.05, 3.63) is 46.9 Å². The molecule has 0 aliphatic carbocycles. The van der Waals surface area contributed by atoms with Gasteiger partial charge in [-0.15, -0.1) is 0 Å². The van der Waals surface area contributed by atoms with Gasteiger partial charge in [-0.2, -0.15) is 9.61 Å². The highest BCUT2D eigenvalue weighted by Crippen LogP contribution is 2.34. The van der Waals surface area contributed by atoms with Gasteiger partial charge in [-0.05, 0) is 19.1 Å². The molecule has 3 aromatic rings. The SMILES string of the molecule is CC[NH+]1CC[NH+]([C@@H](c2cccc(F)c2)c2sc3ncnn3c2O)CC1. The maximum Gasteiger partial charge on any atom is 0.235 e. The number of hydrogen-bond donors (Lipinski definition) is 3. The zero-order valence-corrected chi connectivity index (χ0v) is 14.9. The standard InChI is InChI=1S/C17H20FN5OS/c1-2-21-6-8-22(9-7-21)14(12-4-3-5-13(18)10-12)15-16(24)23-17(25-15)19-11-20-23/h3-5,10-11,14,24H,2,6-9H2,1H3/p+2/t14-/m0/s1. The Balaban J connectivity index is 1.76. The summed E-state index contributed by atoms with van der Waals surface area (Å²) in [6.45, 7) is 7.46. The molecule has 1 aliphatic rings. The Morgan fingerprint density at radius 3 is 2.80 bits per heavy atom. The van der Waals surface area contributed by atoms with Crippen LogP contribution in [0.2, 0.25) is 0 Å². The van der Waals surface area contributed by atoms with Crippen LogP contribution >= 0.6 is 11.3 Å². The molecule has 6 nitrogen and oxygen atoms in total. The summed E-state index contributed by atoms with van der Waals surface area (Å²) in [4.78, 5) is 8.59. The fourth-order valence-corrected chi connectivity index (χ4v) is 4.82. The van der Waals surface area contributed by atoms with Gasteiger partial charge in [0.25, 0.3) is 0 Å². The van der Waals surface area contributed by atoms with Crippen molar-refractivity contribution in [3.8, 4) is 5.88 Å². The number of benzene rings is 1. The Morgan fingerprint density at radius 2 is 2.12 bits per heavy atom. The largest absolute Gasteiger partial charge is 0.492 e. The lowest BCUT2D eigenvalue weighted by Gasteiger charge is -2.34. The van der Waals surface area contributed by atoms with E-state index in [9.17, 15) is 9.50 Å². The minimum Gasteiger partial charge on any atom is -0.492 e. The van der Waals surface area contributed by atoms with Crippen LogP contribution in [0.4, 0.5) is 4.39 Å².